The second-order valence-electron chi connectivity index (χ2n) is 5.51. The fraction of sp³-hybridized carbons (Fsp3) is 0.235. The molecule has 122 valence electrons. The van der Waals surface area contributed by atoms with E-state index in [1.165, 1.54) is 16.8 Å². The molecule has 0 amide bonds. The van der Waals surface area contributed by atoms with Crippen molar-refractivity contribution in [3.8, 4) is 5.69 Å². The van der Waals surface area contributed by atoms with Crippen LogP contribution in [0.15, 0.2) is 47.5 Å². The van der Waals surface area contributed by atoms with Crippen LogP contribution < -0.4 is 10.5 Å². The van der Waals surface area contributed by atoms with Gasteiger partial charge in [0.15, 0.2) is 0 Å². The topological polar surface area (TPSA) is 60.3 Å². The molecule has 0 spiro atoms. The van der Waals surface area contributed by atoms with Crippen molar-refractivity contribution < 1.29 is 9.13 Å². The number of anilines is 1. The zero-order valence-corrected chi connectivity index (χ0v) is 12.9. The van der Waals surface area contributed by atoms with E-state index in [1.54, 1.807) is 30.5 Å². The molecule has 3 aromatic rings. The zero-order chi connectivity index (χ0) is 16.5. The first-order chi connectivity index (χ1) is 11.7. The molecule has 0 bridgehead atoms. The van der Waals surface area contributed by atoms with Gasteiger partial charge in [0, 0.05) is 25.5 Å². The monoisotopic (exact) mass is 326 g/mol. The third-order valence-electron chi connectivity index (χ3n) is 4.04. The average Bonchev–Trinajstić information content (AvgIpc) is 2.63. The summed E-state index contributed by atoms with van der Waals surface area (Å²) < 4.78 is 20.5. The lowest BCUT2D eigenvalue weighted by molar-refractivity contribution is 0.122. The number of hydrogen-bond donors (Lipinski definition) is 0. The third-order valence-corrected chi connectivity index (χ3v) is 4.04. The number of pyridine rings is 1. The van der Waals surface area contributed by atoms with E-state index < -0.39 is 5.82 Å². The van der Waals surface area contributed by atoms with Gasteiger partial charge in [0.2, 0.25) is 5.95 Å². The molecule has 0 N–H and O–H groups in total. The Morgan fingerprint density at radius 1 is 1.12 bits per heavy atom. The molecule has 1 aromatic carbocycles. The Morgan fingerprint density at radius 3 is 2.71 bits per heavy atom. The maximum atomic E-state index is 14.0. The molecule has 4 rings (SSSR count). The van der Waals surface area contributed by atoms with Gasteiger partial charge < -0.3 is 9.64 Å². The molecular formula is C17H15FN4O2. The Labute approximate surface area is 137 Å². The van der Waals surface area contributed by atoms with Gasteiger partial charge in [-0.15, -0.1) is 0 Å². The normalized spacial score (nSPS) is 15.0. The Hall–Kier alpha value is -2.80. The van der Waals surface area contributed by atoms with Crippen LogP contribution in [-0.4, -0.2) is 40.8 Å². The van der Waals surface area contributed by atoms with Gasteiger partial charge >= 0.3 is 0 Å². The van der Waals surface area contributed by atoms with Gasteiger partial charge in [-0.05, 0) is 18.2 Å². The van der Waals surface area contributed by atoms with Crippen molar-refractivity contribution in [3.05, 3.63) is 58.9 Å². The van der Waals surface area contributed by atoms with Gasteiger partial charge in [-0.1, -0.05) is 12.1 Å². The number of halogens is 1. The van der Waals surface area contributed by atoms with Crippen molar-refractivity contribution in [2.45, 2.75) is 0 Å². The lowest BCUT2D eigenvalue weighted by Crippen LogP contribution is -2.37. The van der Waals surface area contributed by atoms with Crippen LogP contribution >= 0.6 is 0 Å². The molecule has 0 atom stereocenters. The molecular weight excluding hydrogens is 311 g/mol. The second-order valence-corrected chi connectivity index (χ2v) is 5.51. The minimum absolute atomic E-state index is 0.210. The van der Waals surface area contributed by atoms with E-state index >= 15 is 0 Å². The summed E-state index contributed by atoms with van der Waals surface area (Å²) in [5, 5.41) is 0.359. The zero-order valence-electron chi connectivity index (χ0n) is 12.9. The number of ether oxygens (including phenoxy) is 1. The summed E-state index contributed by atoms with van der Waals surface area (Å²) in [6, 6.07) is 7.86. The summed E-state index contributed by atoms with van der Waals surface area (Å²) in [5.74, 6) is 0.124. The number of nitrogens with zero attached hydrogens (tertiary/aromatic N) is 4. The largest absolute Gasteiger partial charge is 0.378 e. The number of fused-ring (bicyclic) bond motifs is 1. The van der Waals surface area contributed by atoms with Crippen LogP contribution in [0.5, 0.6) is 0 Å². The highest BCUT2D eigenvalue weighted by Crippen LogP contribution is 2.16. The molecule has 6 nitrogen and oxygen atoms in total. The quantitative estimate of drug-likeness (QED) is 0.718. The smallest absolute Gasteiger partial charge is 0.266 e. The molecule has 0 aliphatic carbocycles. The number of morpholine rings is 1. The fourth-order valence-corrected chi connectivity index (χ4v) is 2.77. The Morgan fingerprint density at radius 2 is 1.92 bits per heavy atom. The van der Waals surface area contributed by atoms with Crippen LogP contribution in [0.25, 0.3) is 16.6 Å². The van der Waals surface area contributed by atoms with Crippen molar-refractivity contribution in [1.82, 2.24) is 14.5 Å². The molecule has 1 fully saturated rings. The molecule has 24 heavy (non-hydrogen) atoms. The highest BCUT2D eigenvalue weighted by atomic mass is 19.1. The average molecular weight is 326 g/mol. The third kappa shape index (κ3) is 2.52. The molecule has 7 heteroatoms. The molecule has 0 radical (unpaired) electrons. The van der Waals surface area contributed by atoms with Crippen molar-refractivity contribution in [3.63, 3.8) is 0 Å². The van der Waals surface area contributed by atoms with E-state index in [0.29, 0.717) is 30.1 Å². The van der Waals surface area contributed by atoms with Gasteiger partial charge in [0.25, 0.3) is 5.56 Å². The van der Waals surface area contributed by atoms with E-state index in [1.807, 2.05) is 4.90 Å². The summed E-state index contributed by atoms with van der Waals surface area (Å²) in [6.45, 7) is 2.71. The summed E-state index contributed by atoms with van der Waals surface area (Å²) in [7, 11) is 0. The Balaban J connectivity index is 1.80. The number of benzene rings is 1. The van der Waals surface area contributed by atoms with Crippen LogP contribution in [-0.2, 0) is 4.74 Å². The SMILES string of the molecule is O=c1c2cnc(N3CCOCC3)nc2ccn1-c1ccccc1F. The first-order valence-corrected chi connectivity index (χ1v) is 7.70. The van der Waals surface area contributed by atoms with Gasteiger partial charge in [-0.25, -0.2) is 14.4 Å². The number of hydrogen-bond acceptors (Lipinski definition) is 5. The van der Waals surface area contributed by atoms with Crippen molar-refractivity contribution in [2.75, 3.05) is 31.2 Å². The molecule has 1 aliphatic heterocycles. The van der Waals surface area contributed by atoms with Crippen LogP contribution in [0, 0.1) is 5.82 Å². The van der Waals surface area contributed by atoms with Crippen molar-refractivity contribution in [1.29, 1.82) is 0 Å². The summed E-state index contributed by atoms with van der Waals surface area (Å²) >= 11 is 0. The van der Waals surface area contributed by atoms with Crippen LogP contribution in [0.3, 0.4) is 0 Å². The standard InChI is InChI=1S/C17H15FN4O2/c18-13-3-1-2-4-15(13)22-6-5-14-12(16(22)23)11-19-17(20-14)21-7-9-24-10-8-21/h1-6,11H,7-10H2. The van der Waals surface area contributed by atoms with E-state index in [2.05, 4.69) is 9.97 Å². The molecule has 3 heterocycles. The molecule has 1 saturated heterocycles. The number of aromatic nitrogens is 3. The summed E-state index contributed by atoms with van der Waals surface area (Å²) in [4.78, 5) is 23.4. The summed E-state index contributed by atoms with van der Waals surface area (Å²) in [5.41, 5.74) is 0.414. The Kier molecular flexibility index (Phi) is 3.70. The lowest BCUT2D eigenvalue weighted by atomic mass is 10.2. The van der Waals surface area contributed by atoms with Crippen LogP contribution in [0.2, 0.25) is 0 Å². The highest BCUT2D eigenvalue weighted by Gasteiger charge is 2.15. The first kappa shape index (κ1) is 14.8. The van der Waals surface area contributed by atoms with Crippen molar-refractivity contribution >= 4 is 16.9 Å². The molecule has 0 unspecified atom stereocenters. The van der Waals surface area contributed by atoms with Crippen LogP contribution in [0.1, 0.15) is 0 Å². The van der Waals surface area contributed by atoms with E-state index in [0.717, 1.165) is 13.1 Å². The van der Waals surface area contributed by atoms with Crippen molar-refractivity contribution in [2.24, 2.45) is 0 Å². The summed E-state index contributed by atoms with van der Waals surface area (Å²) in [6.07, 6.45) is 3.05. The number of rotatable bonds is 2. The maximum Gasteiger partial charge on any atom is 0.266 e. The highest BCUT2D eigenvalue weighted by molar-refractivity contribution is 5.78. The van der Waals surface area contributed by atoms with E-state index in [-0.39, 0.29) is 11.2 Å². The van der Waals surface area contributed by atoms with Gasteiger partial charge in [0.05, 0.1) is 29.8 Å². The minimum atomic E-state index is -0.454. The molecule has 1 aliphatic rings. The van der Waals surface area contributed by atoms with Gasteiger partial charge in [0.1, 0.15) is 5.82 Å². The maximum absolute atomic E-state index is 14.0. The van der Waals surface area contributed by atoms with E-state index in [4.69, 9.17) is 4.74 Å². The predicted molar refractivity (Wildman–Crippen MR) is 88.1 cm³/mol. The lowest BCUT2D eigenvalue weighted by Gasteiger charge is -2.26. The van der Waals surface area contributed by atoms with Crippen LogP contribution in [0.4, 0.5) is 10.3 Å². The Bertz CT molecular complexity index is 951. The minimum Gasteiger partial charge on any atom is -0.378 e. The first-order valence-electron chi connectivity index (χ1n) is 7.70. The number of para-hydroxylation sites is 1. The second kappa shape index (κ2) is 6.01. The van der Waals surface area contributed by atoms with Gasteiger partial charge in [-0.3, -0.25) is 9.36 Å². The predicted octanol–water partition coefficient (Wildman–Crippen LogP) is 1.76. The molecule has 0 saturated carbocycles. The van der Waals surface area contributed by atoms with Gasteiger partial charge in [-0.2, -0.15) is 0 Å². The molecule has 2 aromatic heterocycles. The van der Waals surface area contributed by atoms with E-state index in [9.17, 15) is 9.18 Å². The fourth-order valence-electron chi connectivity index (χ4n) is 2.77.